The molecule has 0 heterocycles. The number of hydrogen-bond donors (Lipinski definition) is 0. The summed E-state index contributed by atoms with van der Waals surface area (Å²) in [6, 6.07) is 0. The Kier molecular flexibility index (Phi) is 3.05. The summed E-state index contributed by atoms with van der Waals surface area (Å²) in [6.45, 7) is 1.34. The molecule has 0 aromatic carbocycles. The Balaban J connectivity index is 0. The first-order chi connectivity index (χ1) is 2.24. The second-order valence-corrected chi connectivity index (χ2v) is 5.30. The Labute approximate surface area is 53.3 Å². The van der Waals surface area contributed by atoms with Crippen LogP contribution in [0.5, 0.6) is 0 Å². The van der Waals surface area contributed by atoms with Gasteiger partial charge in [-0.1, -0.05) is 0 Å². The van der Waals surface area contributed by atoms with Crippen LogP contribution in [0.1, 0.15) is 0 Å². The maximum Gasteiger partial charge on any atom is 3.00 e. The molecule has 0 saturated carbocycles. The molecule has 0 fully saturated rings. The van der Waals surface area contributed by atoms with Crippen molar-refractivity contribution in [2.24, 2.45) is 0 Å². The molecule has 0 aromatic heterocycles. The molecule has 0 radical (unpaired) electrons. The van der Waals surface area contributed by atoms with Gasteiger partial charge in [-0.2, -0.15) is 0 Å². The quantitative estimate of drug-likeness (QED) is 0.267. The monoisotopic (exact) mass is 136 g/mol. The fraction of sp³-hybridized carbons (Fsp3) is 1.00. The maximum absolute atomic E-state index is 9.70. The summed E-state index contributed by atoms with van der Waals surface area (Å²) < 4.78 is 0. The SMILES string of the molecule is CP(C)([O-])([O-])[O-].[Al+3]. The normalized spacial score (nSPS) is 16.4. The molecule has 0 aromatic rings. The van der Waals surface area contributed by atoms with Crippen LogP contribution in [-0.2, 0) is 0 Å². The Hall–Kier alpha value is 0.842. The fourth-order valence-corrected chi connectivity index (χ4v) is 0. The van der Waals surface area contributed by atoms with Crippen LogP contribution in [0.4, 0.5) is 0 Å². The molecule has 0 aliphatic heterocycles. The molecule has 0 unspecified atom stereocenters. The summed E-state index contributed by atoms with van der Waals surface area (Å²) in [4.78, 5) is 29.1. The van der Waals surface area contributed by atoms with Gasteiger partial charge in [-0.25, -0.2) is 0 Å². The molecule has 0 aliphatic rings. The molecule has 5 heteroatoms. The van der Waals surface area contributed by atoms with E-state index in [1.165, 1.54) is 0 Å². The molecule has 0 spiro atoms. The first-order valence-electron chi connectivity index (χ1n) is 1.44. The third kappa shape index (κ3) is 226. The van der Waals surface area contributed by atoms with Crippen molar-refractivity contribution in [2.45, 2.75) is 0 Å². The van der Waals surface area contributed by atoms with Gasteiger partial charge in [0.15, 0.2) is 0 Å². The van der Waals surface area contributed by atoms with Gasteiger partial charge >= 0.3 is 52.7 Å². The molecule has 7 heavy (non-hydrogen) atoms. The van der Waals surface area contributed by atoms with Gasteiger partial charge < -0.3 is 0 Å². The summed E-state index contributed by atoms with van der Waals surface area (Å²) in [5.41, 5.74) is 0. The Bertz CT molecular complexity index is 46.1. The summed E-state index contributed by atoms with van der Waals surface area (Å²) in [7, 11) is -4.80. The van der Waals surface area contributed by atoms with Crippen molar-refractivity contribution in [1.82, 2.24) is 0 Å². The van der Waals surface area contributed by atoms with Gasteiger partial charge in [0.25, 0.3) is 0 Å². The number of hydrogen-bond acceptors (Lipinski definition) is 3. The minimum atomic E-state index is -4.80. The standard InChI is InChI=1S/C2H6O3P.Al/c1-6(2,3,4)5;/h1-2H3;/q-3;+3. The van der Waals surface area contributed by atoms with Crippen LogP contribution in [0.2, 0.25) is 0 Å². The van der Waals surface area contributed by atoms with Crippen LogP contribution in [0.3, 0.4) is 0 Å². The van der Waals surface area contributed by atoms with Crippen LogP contribution in [0.25, 0.3) is 0 Å². The van der Waals surface area contributed by atoms with Crippen molar-refractivity contribution in [3.05, 3.63) is 0 Å². The van der Waals surface area contributed by atoms with Crippen LogP contribution in [0, 0.1) is 0 Å². The van der Waals surface area contributed by atoms with Crippen molar-refractivity contribution in [3.63, 3.8) is 0 Å². The van der Waals surface area contributed by atoms with E-state index in [1.807, 2.05) is 0 Å². The van der Waals surface area contributed by atoms with Crippen LogP contribution in [-0.4, -0.2) is 30.7 Å². The second-order valence-electron chi connectivity index (χ2n) is 1.77. The molecular weight excluding hydrogens is 130 g/mol. The molecule has 0 aliphatic carbocycles. The maximum atomic E-state index is 9.70. The van der Waals surface area contributed by atoms with Crippen LogP contribution >= 0.6 is 7.28 Å². The Morgan fingerprint density at radius 1 is 1.00 bits per heavy atom. The molecule has 0 saturated heterocycles. The molecular formula is C2H6AlO3P. The van der Waals surface area contributed by atoms with Crippen LogP contribution < -0.4 is 14.7 Å². The third-order valence-electron chi connectivity index (χ3n) is 0. The second kappa shape index (κ2) is 1.99. The average Bonchev–Trinajstić information content (AvgIpc) is 0.650. The van der Waals surface area contributed by atoms with Crippen molar-refractivity contribution in [3.8, 4) is 0 Å². The van der Waals surface area contributed by atoms with E-state index in [2.05, 4.69) is 0 Å². The van der Waals surface area contributed by atoms with E-state index in [-0.39, 0.29) is 17.4 Å². The smallest absolute Gasteiger partial charge is 3.00 e. The van der Waals surface area contributed by atoms with Crippen molar-refractivity contribution < 1.29 is 14.7 Å². The van der Waals surface area contributed by atoms with Crippen molar-refractivity contribution in [2.75, 3.05) is 13.3 Å². The van der Waals surface area contributed by atoms with Gasteiger partial charge in [0, 0.05) is 0 Å². The zero-order valence-electron chi connectivity index (χ0n) is 4.25. The topological polar surface area (TPSA) is 69.2 Å². The summed E-state index contributed by atoms with van der Waals surface area (Å²) in [5.74, 6) is 0. The van der Waals surface area contributed by atoms with Gasteiger partial charge in [-0.15, -0.1) is 0 Å². The summed E-state index contributed by atoms with van der Waals surface area (Å²) in [5, 5.41) is 0. The Morgan fingerprint density at radius 2 is 1.00 bits per heavy atom. The zero-order chi connectivity index (χ0) is 5.45. The zero-order valence-corrected chi connectivity index (χ0v) is 6.30. The number of rotatable bonds is 0. The van der Waals surface area contributed by atoms with E-state index in [1.54, 1.807) is 0 Å². The molecule has 0 N–H and O–H groups in total. The van der Waals surface area contributed by atoms with Gasteiger partial charge in [0.2, 0.25) is 0 Å². The minimum Gasteiger partial charge on any atom is 3.00 e. The van der Waals surface area contributed by atoms with Gasteiger partial charge in [0.05, 0.1) is 0 Å². The molecule has 3 nitrogen and oxygen atoms in total. The van der Waals surface area contributed by atoms with E-state index < -0.39 is 7.28 Å². The summed E-state index contributed by atoms with van der Waals surface area (Å²) in [6.07, 6.45) is 0. The van der Waals surface area contributed by atoms with Crippen LogP contribution in [0.15, 0.2) is 0 Å². The molecule has 0 bridgehead atoms. The van der Waals surface area contributed by atoms with Crippen molar-refractivity contribution >= 4 is 24.6 Å². The van der Waals surface area contributed by atoms with E-state index in [0.717, 1.165) is 0 Å². The molecule has 0 amide bonds. The van der Waals surface area contributed by atoms with E-state index in [9.17, 15) is 14.7 Å². The van der Waals surface area contributed by atoms with Crippen molar-refractivity contribution in [1.29, 1.82) is 0 Å². The molecule has 0 rings (SSSR count). The van der Waals surface area contributed by atoms with Gasteiger partial charge in [0.1, 0.15) is 0 Å². The molecule has 40 valence electrons. The summed E-state index contributed by atoms with van der Waals surface area (Å²) >= 11 is 0. The minimum absolute atomic E-state index is 0. The van der Waals surface area contributed by atoms with Gasteiger partial charge in [-0.3, -0.25) is 0 Å². The predicted octanol–water partition coefficient (Wildman–Crippen LogP) is -2.76. The third-order valence-corrected chi connectivity index (χ3v) is 0. The van der Waals surface area contributed by atoms with E-state index in [4.69, 9.17) is 0 Å². The first-order valence-corrected chi connectivity index (χ1v) is 4.33. The molecule has 0 atom stereocenters. The Morgan fingerprint density at radius 3 is 1.00 bits per heavy atom. The van der Waals surface area contributed by atoms with E-state index in [0.29, 0.717) is 13.3 Å². The predicted molar refractivity (Wildman–Crippen MR) is 24.5 cm³/mol. The first kappa shape index (κ1) is 10.8. The fourth-order valence-electron chi connectivity index (χ4n) is 0. The van der Waals surface area contributed by atoms with E-state index >= 15 is 0 Å². The average molecular weight is 136 g/mol. The van der Waals surface area contributed by atoms with Gasteiger partial charge in [-0.05, 0) is 0 Å². The largest absolute Gasteiger partial charge is 3.00 e.